The number of aromatic nitrogens is 5. The maximum Gasteiger partial charge on any atom is 0.246 e. The Morgan fingerprint density at radius 3 is 2.78 bits per heavy atom. The first kappa shape index (κ1) is 29.8. The summed E-state index contributed by atoms with van der Waals surface area (Å²) in [5.74, 6) is -1.87. The van der Waals surface area contributed by atoms with Crippen molar-refractivity contribution in [3.63, 3.8) is 0 Å². The van der Waals surface area contributed by atoms with Crippen LogP contribution < -0.4 is 4.74 Å². The Morgan fingerprint density at radius 1 is 1.17 bits per heavy atom. The Labute approximate surface area is 267 Å². The number of carbonyl (C=O) groups is 1. The zero-order chi connectivity index (χ0) is 32.3. The van der Waals surface area contributed by atoms with Gasteiger partial charge in [-0.25, -0.2) is 13.8 Å². The van der Waals surface area contributed by atoms with Gasteiger partial charge in [-0.2, -0.15) is 10.2 Å². The topological polar surface area (TPSA) is 98.3 Å². The van der Waals surface area contributed by atoms with E-state index in [1.54, 1.807) is 9.58 Å². The van der Waals surface area contributed by atoms with Gasteiger partial charge in [0.2, 0.25) is 5.91 Å². The maximum absolute atomic E-state index is 16.0. The minimum Gasteiger partial charge on any atom is -0.490 e. The van der Waals surface area contributed by atoms with Crippen LogP contribution in [0.1, 0.15) is 19.5 Å². The lowest BCUT2D eigenvalue weighted by atomic mass is 9.96. The molecule has 0 saturated heterocycles. The highest BCUT2D eigenvalue weighted by atomic mass is 32.1. The molecule has 234 valence electrons. The molecule has 7 rings (SSSR count). The van der Waals surface area contributed by atoms with Gasteiger partial charge in [0, 0.05) is 58.0 Å². The quantitative estimate of drug-likeness (QED) is 0.205. The van der Waals surface area contributed by atoms with Crippen molar-refractivity contribution in [3.05, 3.63) is 84.0 Å². The highest BCUT2D eigenvalue weighted by molar-refractivity contribution is 7.18. The van der Waals surface area contributed by atoms with Crippen molar-refractivity contribution in [3.8, 4) is 39.5 Å². The minimum absolute atomic E-state index is 0.0223. The predicted molar refractivity (Wildman–Crippen MR) is 173 cm³/mol. The van der Waals surface area contributed by atoms with Crippen LogP contribution >= 0.6 is 11.3 Å². The van der Waals surface area contributed by atoms with E-state index >= 15 is 4.39 Å². The molecule has 0 saturated carbocycles. The van der Waals surface area contributed by atoms with E-state index in [1.807, 2.05) is 60.6 Å². The van der Waals surface area contributed by atoms with Crippen LogP contribution in [-0.2, 0) is 24.9 Å². The third kappa shape index (κ3) is 5.13. The Bertz CT molecular complexity index is 2170. The van der Waals surface area contributed by atoms with E-state index in [4.69, 9.17) is 14.8 Å². The number of ether oxygens (including phenoxy) is 1. The van der Waals surface area contributed by atoms with Crippen LogP contribution in [0, 0.1) is 11.6 Å². The monoisotopic (exact) mass is 640 g/mol. The number of hydrogen-bond acceptors (Lipinski definition) is 7. The number of hydrogen-bond donors (Lipinski definition) is 1. The number of benzene rings is 2. The van der Waals surface area contributed by atoms with Crippen LogP contribution in [0.15, 0.2) is 66.7 Å². The minimum atomic E-state index is -0.869. The van der Waals surface area contributed by atoms with Crippen LogP contribution in [0.2, 0.25) is 0 Å². The van der Waals surface area contributed by atoms with Gasteiger partial charge in [0.25, 0.3) is 0 Å². The molecule has 46 heavy (non-hydrogen) atoms. The number of aryl methyl sites for hydroxylation is 1. The van der Waals surface area contributed by atoms with E-state index in [9.17, 15) is 14.3 Å². The maximum atomic E-state index is 16.0. The van der Waals surface area contributed by atoms with Crippen LogP contribution in [0.5, 0.6) is 5.75 Å². The summed E-state index contributed by atoms with van der Waals surface area (Å²) in [6, 6.07) is 11.5. The SMILES string of the molecule is C=CC(=O)N1Cc2cc(-c3nc(-c4ccc5nn(C)cc5c4)c4ccsc4c3-c3c(F)cc(F)cc3OC[C@@H](C)O)nn2C[C@H]1C. The second-order valence-electron chi connectivity index (χ2n) is 11.6. The number of fused-ring (bicyclic) bond motifs is 3. The van der Waals surface area contributed by atoms with Gasteiger partial charge < -0.3 is 14.7 Å². The number of halogens is 2. The number of rotatable bonds is 7. The Kier molecular flexibility index (Phi) is 7.41. The van der Waals surface area contributed by atoms with Crippen molar-refractivity contribution in [1.29, 1.82) is 0 Å². The Balaban J connectivity index is 1.50. The van der Waals surface area contributed by atoms with Crippen LogP contribution in [0.4, 0.5) is 8.78 Å². The number of aliphatic hydroxyl groups is 1. The van der Waals surface area contributed by atoms with E-state index in [1.165, 1.54) is 24.3 Å². The molecule has 1 aliphatic heterocycles. The lowest BCUT2D eigenvalue weighted by molar-refractivity contribution is -0.129. The summed E-state index contributed by atoms with van der Waals surface area (Å²) in [6.45, 7) is 7.71. The Morgan fingerprint density at radius 2 is 2.00 bits per heavy atom. The van der Waals surface area contributed by atoms with Crippen molar-refractivity contribution in [2.45, 2.75) is 39.1 Å². The van der Waals surface area contributed by atoms with Crippen LogP contribution in [-0.4, -0.2) is 59.2 Å². The molecule has 0 unspecified atom stereocenters. The summed E-state index contributed by atoms with van der Waals surface area (Å²) in [5, 5.41) is 23.0. The summed E-state index contributed by atoms with van der Waals surface area (Å²) < 4.78 is 40.7. The molecular weight excluding hydrogens is 610 g/mol. The molecule has 0 spiro atoms. The zero-order valence-corrected chi connectivity index (χ0v) is 26.2. The molecule has 1 aliphatic rings. The third-order valence-corrected chi connectivity index (χ3v) is 9.05. The number of thiophene rings is 1. The number of amides is 1. The molecule has 0 fully saturated rings. The summed E-state index contributed by atoms with van der Waals surface area (Å²) in [7, 11) is 1.86. The second-order valence-corrected chi connectivity index (χ2v) is 12.5. The molecule has 0 radical (unpaired) electrons. The molecule has 9 nitrogen and oxygen atoms in total. The number of nitrogens with zero attached hydrogens (tertiary/aromatic N) is 6. The number of pyridine rings is 1. The van der Waals surface area contributed by atoms with Gasteiger partial charge in [-0.1, -0.05) is 12.6 Å². The number of carbonyl (C=O) groups excluding carboxylic acids is 1. The third-order valence-electron chi connectivity index (χ3n) is 8.11. The molecule has 1 N–H and O–H groups in total. The second kappa shape index (κ2) is 11.5. The smallest absolute Gasteiger partial charge is 0.246 e. The first-order chi connectivity index (χ1) is 22.1. The molecule has 0 aliphatic carbocycles. The summed E-state index contributed by atoms with van der Waals surface area (Å²) in [6.07, 6.45) is 2.36. The van der Waals surface area contributed by atoms with Crippen molar-refractivity contribution in [2.75, 3.05) is 6.61 Å². The van der Waals surface area contributed by atoms with E-state index in [-0.39, 0.29) is 29.9 Å². The fourth-order valence-corrected chi connectivity index (χ4v) is 6.97. The fraction of sp³-hybridized carbons (Fsp3) is 0.235. The van der Waals surface area contributed by atoms with E-state index in [0.717, 1.165) is 39.7 Å². The lowest BCUT2D eigenvalue weighted by Gasteiger charge is -2.33. The summed E-state index contributed by atoms with van der Waals surface area (Å²) >= 11 is 1.40. The van der Waals surface area contributed by atoms with E-state index in [0.29, 0.717) is 40.4 Å². The van der Waals surface area contributed by atoms with Crippen LogP contribution in [0.25, 0.3) is 54.8 Å². The average molecular weight is 641 g/mol. The van der Waals surface area contributed by atoms with E-state index in [2.05, 4.69) is 11.7 Å². The van der Waals surface area contributed by atoms with Crippen molar-refractivity contribution < 1.29 is 23.4 Å². The molecule has 6 aromatic rings. The van der Waals surface area contributed by atoms with Gasteiger partial charge >= 0.3 is 0 Å². The summed E-state index contributed by atoms with van der Waals surface area (Å²) in [4.78, 5) is 19.5. The zero-order valence-electron chi connectivity index (χ0n) is 25.4. The van der Waals surface area contributed by atoms with Gasteiger partial charge in [-0.05, 0) is 49.6 Å². The lowest BCUT2D eigenvalue weighted by Crippen LogP contribution is -2.44. The van der Waals surface area contributed by atoms with Crippen molar-refractivity contribution in [1.82, 2.24) is 29.4 Å². The molecule has 4 aromatic heterocycles. The molecule has 5 heterocycles. The highest BCUT2D eigenvalue weighted by Crippen LogP contribution is 2.47. The van der Waals surface area contributed by atoms with Crippen LogP contribution in [0.3, 0.4) is 0 Å². The van der Waals surface area contributed by atoms with Gasteiger partial charge in [0.15, 0.2) is 0 Å². The first-order valence-electron chi connectivity index (χ1n) is 14.8. The molecule has 0 bridgehead atoms. The van der Waals surface area contributed by atoms with Gasteiger partial charge in [-0.15, -0.1) is 11.3 Å². The standard InChI is InChI=1S/C34H30F2N6O3S/c1-5-29(44)41-16-23-13-27(39-42(23)14-18(41)2)33-31(30-25(36)11-22(35)12-28(30)45-17-19(3)43)34-24(8-9-46-34)32(37-33)20-6-7-26-21(10-20)15-40(4)38-26/h5-13,15,18-19,43H,1,14,16-17H2,2-4H3/t18-,19-/m1/s1. The largest absolute Gasteiger partial charge is 0.490 e. The van der Waals surface area contributed by atoms with Gasteiger partial charge in [-0.3, -0.25) is 14.2 Å². The Hall–Kier alpha value is -4.94. The molecule has 2 atom stereocenters. The van der Waals surface area contributed by atoms with Gasteiger partial charge in [0.05, 0.1) is 41.7 Å². The fourth-order valence-electron chi connectivity index (χ4n) is 6.02. The molecular formula is C34H30F2N6O3S. The first-order valence-corrected chi connectivity index (χ1v) is 15.6. The molecule has 2 aromatic carbocycles. The molecule has 12 heteroatoms. The van der Waals surface area contributed by atoms with Crippen molar-refractivity contribution >= 4 is 38.2 Å². The van der Waals surface area contributed by atoms with E-state index < -0.39 is 17.7 Å². The normalized spacial score (nSPS) is 15.3. The molecule has 1 amide bonds. The van der Waals surface area contributed by atoms with Crippen molar-refractivity contribution in [2.24, 2.45) is 7.05 Å². The van der Waals surface area contributed by atoms with Gasteiger partial charge in [0.1, 0.15) is 35.4 Å². The number of aliphatic hydroxyl groups excluding tert-OH is 1. The average Bonchev–Trinajstić information content (AvgIpc) is 3.75. The predicted octanol–water partition coefficient (Wildman–Crippen LogP) is 6.34. The summed E-state index contributed by atoms with van der Waals surface area (Å²) in [5.41, 5.74) is 4.39. The highest BCUT2D eigenvalue weighted by Gasteiger charge is 2.30.